The van der Waals surface area contributed by atoms with Crippen molar-refractivity contribution in [2.24, 2.45) is 0 Å². The molecule has 0 fully saturated rings. The Bertz CT molecular complexity index is 613. The van der Waals surface area contributed by atoms with Crippen molar-refractivity contribution >= 4 is 22.6 Å². The Balaban J connectivity index is 2.35. The Labute approximate surface area is 109 Å². The molecule has 0 amide bonds. The lowest BCUT2D eigenvalue weighted by Gasteiger charge is -2.05. The maximum Gasteiger partial charge on any atom is 0.267 e. The van der Waals surface area contributed by atoms with Gasteiger partial charge in [-0.2, -0.15) is 0 Å². The molecule has 0 aliphatic carbocycles. The number of rotatable bonds is 2. The molecule has 0 aliphatic rings. The van der Waals surface area contributed by atoms with E-state index in [2.05, 4.69) is 4.98 Å². The molecular weight excluding hydrogens is 341 g/mol. The van der Waals surface area contributed by atoms with E-state index in [1.165, 1.54) is 23.2 Å². The van der Waals surface area contributed by atoms with Crippen molar-refractivity contribution in [3.05, 3.63) is 61.8 Å². The molecule has 2 rings (SSSR count). The van der Waals surface area contributed by atoms with Crippen LogP contribution in [-0.2, 0) is 6.54 Å². The Morgan fingerprint density at radius 2 is 2.06 bits per heavy atom. The van der Waals surface area contributed by atoms with Gasteiger partial charge >= 0.3 is 0 Å². The lowest BCUT2D eigenvalue weighted by molar-refractivity contribution is 0.506. The fourth-order valence-electron chi connectivity index (χ4n) is 1.37. The topological polar surface area (TPSA) is 34.9 Å². The summed E-state index contributed by atoms with van der Waals surface area (Å²) < 4.78 is 27.5. The molecule has 88 valence electrons. The smallest absolute Gasteiger partial charge is 0.267 e. The number of benzene rings is 1. The molecule has 6 heteroatoms. The molecule has 0 N–H and O–H groups in total. The van der Waals surface area contributed by atoms with Crippen molar-refractivity contribution in [1.82, 2.24) is 9.55 Å². The average Bonchev–Trinajstić information content (AvgIpc) is 2.30. The highest BCUT2D eigenvalue weighted by Crippen LogP contribution is 2.09. The van der Waals surface area contributed by atoms with Crippen molar-refractivity contribution in [3.8, 4) is 0 Å². The molecule has 17 heavy (non-hydrogen) atoms. The fraction of sp³-hybridized carbons (Fsp3) is 0.0909. The second-order valence-electron chi connectivity index (χ2n) is 3.42. The summed E-state index contributed by atoms with van der Waals surface area (Å²) in [5.41, 5.74) is 0.306. The van der Waals surface area contributed by atoms with Crippen LogP contribution in [0.3, 0.4) is 0 Å². The predicted molar refractivity (Wildman–Crippen MR) is 66.7 cm³/mol. The zero-order valence-electron chi connectivity index (χ0n) is 8.53. The summed E-state index contributed by atoms with van der Waals surface area (Å²) in [5, 5.41) is 0. The largest absolute Gasteiger partial charge is 0.294 e. The molecule has 0 spiro atoms. The van der Waals surface area contributed by atoms with Crippen LogP contribution in [0.4, 0.5) is 8.78 Å². The van der Waals surface area contributed by atoms with Crippen molar-refractivity contribution in [2.45, 2.75) is 6.54 Å². The molecule has 0 saturated carbocycles. The molecule has 1 aromatic carbocycles. The Kier molecular flexibility index (Phi) is 3.51. The third-order valence-electron chi connectivity index (χ3n) is 2.20. The molecule has 3 nitrogen and oxygen atoms in total. The molecule has 2 aromatic rings. The SMILES string of the molecule is O=c1c(I)cncn1Cc1ccc(F)c(F)c1. The van der Waals surface area contributed by atoms with Crippen molar-refractivity contribution in [3.63, 3.8) is 0 Å². The summed E-state index contributed by atoms with van der Waals surface area (Å²) in [4.78, 5) is 15.5. The third-order valence-corrected chi connectivity index (χ3v) is 2.94. The van der Waals surface area contributed by atoms with E-state index in [0.29, 0.717) is 9.13 Å². The van der Waals surface area contributed by atoms with Gasteiger partial charge in [-0.15, -0.1) is 0 Å². The van der Waals surface area contributed by atoms with Gasteiger partial charge in [0.05, 0.1) is 16.4 Å². The summed E-state index contributed by atoms with van der Waals surface area (Å²) in [6.07, 6.45) is 2.82. The van der Waals surface area contributed by atoms with E-state index in [1.54, 1.807) is 0 Å². The van der Waals surface area contributed by atoms with Crippen LogP contribution in [0.25, 0.3) is 0 Å². The number of hydrogen-bond donors (Lipinski definition) is 0. The number of hydrogen-bond acceptors (Lipinski definition) is 2. The van der Waals surface area contributed by atoms with Crippen LogP contribution in [-0.4, -0.2) is 9.55 Å². The van der Waals surface area contributed by atoms with E-state index in [9.17, 15) is 13.6 Å². The lowest BCUT2D eigenvalue weighted by atomic mass is 10.2. The van der Waals surface area contributed by atoms with Gasteiger partial charge < -0.3 is 0 Å². The second kappa shape index (κ2) is 4.91. The first-order valence-electron chi connectivity index (χ1n) is 4.72. The monoisotopic (exact) mass is 348 g/mol. The first kappa shape index (κ1) is 12.2. The lowest BCUT2D eigenvalue weighted by Crippen LogP contribution is -2.23. The minimum absolute atomic E-state index is 0.167. The quantitative estimate of drug-likeness (QED) is 0.780. The van der Waals surface area contributed by atoms with Gasteiger partial charge in [-0.3, -0.25) is 9.36 Å². The van der Waals surface area contributed by atoms with Gasteiger partial charge in [0.15, 0.2) is 11.6 Å². The first-order chi connectivity index (χ1) is 8.08. The maximum atomic E-state index is 13.0. The highest BCUT2D eigenvalue weighted by atomic mass is 127. The summed E-state index contributed by atoms with van der Waals surface area (Å²) in [5.74, 6) is -1.82. The van der Waals surface area contributed by atoms with Crippen LogP contribution in [0, 0.1) is 15.2 Å². The van der Waals surface area contributed by atoms with Gasteiger partial charge in [-0.05, 0) is 40.3 Å². The highest BCUT2D eigenvalue weighted by Gasteiger charge is 2.05. The van der Waals surface area contributed by atoms with Gasteiger partial charge in [0, 0.05) is 6.20 Å². The second-order valence-corrected chi connectivity index (χ2v) is 4.59. The van der Waals surface area contributed by atoms with Crippen LogP contribution >= 0.6 is 22.6 Å². The van der Waals surface area contributed by atoms with Crippen molar-refractivity contribution < 1.29 is 8.78 Å². The number of halogens is 3. The number of nitrogens with zero attached hydrogens (tertiary/aromatic N) is 2. The van der Waals surface area contributed by atoms with Gasteiger partial charge in [-0.25, -0.2) is 13.8 Å². The van der Waals surface area contributed by atoms with Crippen LogP contribution in [0.5, 0.6) is 0 Å². The predicted octanol–water partition coefficient (Wildman–Crippen LogP) is 2.17. The Morgan fingerprint density at radius 1 is 1.29 bits per heavy atom. The van der Waals surface area contributed by atoms with Crippen LogP contribution in [0.1, 0.15) is 5.56 Å². The normalized spacial score (nSPS) is 10.5. The molecule has 1 heterocycles. The van der Waals surface area contributed by atoms with Crippen LogP contribution in [0.15, 0.2) is 35.5 Å². The molecule has 0 saturated heterocycles. The minimum Gasteiger partial charge on any atom is -0.294 e. The van der Waals surface area contributed by atoms with Crippen LogP contribution < -0.4 is 5.56 Å². The molecule has 0 unspecified atom stereocenters. The molecule has 1 aromatic heterocycles. The molecular formula is C11H7F2IN2O. The first-order valence-corrected chi connectivity index (χ1v) is 5.79. The summed E-state index contributed by atoms with van der Waals surface area (Å²) >= 11 is 1.87. The van der Waals surface area contributed by atoms with E-state index in [1.807, 2.05) is 22.6 Å². The van der Waals surface area contributed by atoms with E-state index in [4.69, 9.17) is 0 Å². The highest BCUT2D eigenvalue weighted by molar-refractivity contribution is 14.1. The maximum absolute atomic E-state index is 13.0. The Hall–Kier alpha value is -1.31. The van der Waals surface area contributed by atoms with Gasteiger partial charge in [0.25, 0.3) is 5.56 Å². The molecule has 0 atom stereocenters. The average molecular weight is 348 g/mol. The minimum atomic E-state index is -0.922. The van der Waals surface area contributed by atoms with E-state index < -0.39 is 11.6 Å². The van der Waals surface area contributed by atoms with Crippen molar-refractivity contribution in [1.29, 1.82) is 0 Å². The van der Waals surface area contributed by atoms with Crippen LogP contribution in [0.2, 0.25) is 0 Å². The third kappa shape index (κ3) is 2.68. The van der Waals surface area contributed by atoms with Gasteiger partial charge in [0.2, 0.25) is 0 Å². The summed E-state index contributed by atoms with van der Waals surface area (Å²) in [6.45, 7) is 0.167. The van der Waals surface area contributed by atoms with Gasteiger partial charge in [0.1, 0.15) is 0 Å². The fourth-order valence-corrected chi connectivity index (χ4v) is 1.84. The Morgan fingerprint density at radius 3 is 2.76 bits per heavy atom. The summed E-state index contributed by atoms with van der Waals surface area (Å²) in [7, 11) is 0. The zero-order valence-corrected chi connectivity index (χ0v) is 10.7. The van der Waals surface area contributed by atoms with Crippen molar-refractivity contribution in [2.75, 3.05) is 0 Å². The number of aromatic nitrogens is 2. The molecule has 0 aliphatic heterocycles. The standard InChI is InChI=1S/C11H7F2IN2O/c12-8-2-1-7(3-9(8)13)5-16-6-15-4-10(14)11(16)17/h1-4,6H,5H2. The molecule has 0 radical (unpaired) electrons. The van der Waals surface area contributed by atoms with Gasteiger partial charge in [-0.1, -0.05) is 6.07 Å². The van der Waals surface area contributed by atoms with E-state index in [-0.39, 0.29) is 12.1 Å². The molecule has 0 bridgehead atoms. The van der Waals surface area contributed by atoms with E-state index in [0.717, 1.165) is 12.1 Å². The zero-order chi connectivity index (χ0) is 12.4. The van der Waals surface area contributed by atoms with E-state index >= 15 is 0 Å². The summed E-state index contributed by atoms with van der Waals surface area (Å²) in [6, 6.07) is 3.55.